The normalized spacial score (nSPS) is 9.56. The van der Waals surface area contributed by atoms with Gasteiger partial charge in [-0.25, -0.2) is 0 Å². The topological polar surface area (TPSA) is 4.93 Å². The molecule has 1 rings (SSSR count). The summed E-state index contributed by atoms with van der Waals surface area (Å²) in [6.45, 7) is 3.63. The van der Waals surface area contributed by atoms with Crippen LogP contribution >= 0.6 is 11.6 Å². The first-order valence-electron chi connectivity index (χ1n) is 2.69. The van der Waals surface area contributed by atoms with Crippen LogP contribution in [0.5, 0.6) is 0 Å². The molecular formula is C7H8ClN. The Kier molecular flexibility index (Phi) is 1.63. The van der Waals surface area contributed by atoms with Gasteiger partial charge in [0, 0.05) is 12.7 Å². The molecule has 9 heavy (non-hydrogen) atoms. The van der Waals surface area contributed by atoms with Gasteiger partial charge in [-0.05, 0) is 18.2 Å². The van der Waals surface area contributed by atoms with Gasteiger partial charge in [0.05, 0.1) is 0 Å². The third-order valence-corrected chi connectivity index (χ3v) is 1.69. The van der Waals surface area contributed by atoms with Crippen LogP contribution in [0, 0.1) is 0 Å². The van der Waals surface area contributed by atoms with Crippen molar-refractivity contribution in [3.8, 4) is 0 Å². The summed E-state index contributed by atoms with van der Waals surface area (Å²) in [6, 6.07) is 3.77. The van der Waals surface area contributed by atoms with Crippen LogP contribution in [-0.4, -0.2) is 4.57 Å². The van der Waals surface area contributed by atoms with Gasteiger partial charge in [-0.1, -0.05) is 18.2 Å². The van der Waals surface area contributed by atoms with Crippen molar-refractivity contribution in [2.24, 2.45) is 7.05 Å². The fourth-order valence-corrected chi connectivity index (χ4v) is 0.867. The molecule has 1 aromatic heterocycles. The van der Waals surface area contributed by atoms with Crippen molar-refractivity contribution in [1.82, 2.24) is 4.57 Å². The Labute approximate surface area is 59.6 Å². The molecule has 1 aromatic rings. The number of hydrogen-bond donors (Lipinski definition) is 0. The molecule has 1 nitrogen and oxygen atoms in total. The Morgan fingerprint density at radius 2 is 2.33 bits per heavy atom. The Hall–Kier alpha value is -0.690. The van der Waals surface area contributed by atoms with E-state index in [4.69, 9.17) is 11.6 Å². The second-order valence-electron chi connectivity index (χ2n) is 1.84. The zero-order valence-corrected chi connectivity index (χ0v) is 6.02. The minimum atomic E-state index is 0.741. The Morgan fingerprint density at radius 3 is 2.56 bits per heavy atom. The maximum absolute atomic E-state index is 5.72. The van der Waals surface area contributed by atoms with Crippen molar-refractivity contribution in [3.05, 3.63) is 29.6 Å². The summed E-state index contributed by atoms with van der Waals surface area (Å²) in [4.78, 5) is 0. The highest BCUT2D eigenvalue weighted by Crippen LogP contribution is 2.12. The van der Waals surface area contributed by atoms with Crippen LogP contribution < -0.4 is 0 Å². The lowest BCUT2D eigenvalue weighted by Crippen LogP contribution is -1.88. The van der Waals surface area contributed by atoms with E-state index >= 15 is 0 Å². The summed E-state index contributed by atoms with van der Waals surface area (Å²) in [5, 5.41) is 0.741. The molecule has 0 aliphatic carbocycles. The minimum absolute atomic E-state index is 0.741. The molecule has 0 bridgehead atoms. The smallest absolute Gasteiger partial charge is 0.109 e. The average Bonchev–Trinajstić information content (AvgIpc) is 2.15. The monoisotopic (exact) mass is 141 g/mol. The van der Waals surface area contributed by atoms with E-state index in [9.17, 15) is 0 Å². The van der Waals surface area contributed by atoms with Gasteiger partial charge >= 0.3 is 0 Å². The molecular weight excluding hydrogens is 134 g/mol. The number of aromatic nitrogens is 1. The van der Waals surface area contributed by atoms with Gasteiger partial charge in [-0.2, -0.15) is 0 Å². The van der Waals surface area contributed by atoms with E-state index in [1.165, 1.54) is 0 Å². The molecule has 2 heteroatoms. The SMILES string of the molecule is C=Cc1ccc(Cl)n1C. The van der Waals surface area contributed by atoms with Crippen molar-refractivity contribution < 1.29 is 0 Å². The first kappa shape index (κ1) is 6.43. The van der Waals surface area contributed by atoms with Gasteiger partial charge in [0.1, 0.15) is 5.15 Å². The number of rotatable bonds is 1. The molecule has 0 radical (unpaired) electrons. The van der Waals surface area contributed by atoms with E-state index in [1.807, 2.05) is 23.7 Å². The van der Waals surface area contributed by atoms with E-state index in [0.717, 1.165) is 10.8 Å². The molecule has 0 amide bonds. The minimum Gasteiger partial charge on any atom is -0.335 e. The Bertz CT molecular complexity index is 225. The molecule has 0 saturated heterocycles. The van der Waals surface area contributed by atoms with E-state index in [2.05, 4.69) is 6.58 Å². The molecule has 0 aliphatic heterocycles. The first-order valence-corrected chi connectivity index (χ1v) is 3.07. The van der Waals surface area contributed by atoms with Crippen molar-refractivity contribution in [2.75, 3.05) is 0 Å². The summed E-state index contributed by atoms with van der Waals surface area (Å²) in [7, 11) is 1.90. The van der Waals surface area contributed by atoms with Gasteiger partial charge in [-0.3, -0.25) is 0 Å². The maximum Gasteiger partial charge on any atom is 0.109 e. The zero-order valence-electron chi connectivity index (χ0n) is 5.26. The largest absolute Gasteiger partial charge is 0.335 e. The van der Waals surface area contributed by atoms with E-state index in [1.54, 1.807) is 6.08 Å². The molecule has 0 atom stereocenters. The molecule has 0 N–H and O–H groups in total. The predicted molar refractivity (Wildman–Crippen MR) is 40.5 cm³/mol. The standard InChI is InChI=1S/C7H8ClN/c1-3-6-4-5-7(8)9(6)2/h3-5H,1H2,2H3. The third-order valence-electron chi connectivity index (χ3n) is 1.31. The molecule has 0 unspecified atom stereocenters. The lowest BCUT2D eigenvalue weighted by molar-refractivity contribution is 0.916. The Morgan fingerprint density at radius 1 is 1.67 bits per heavy atom. The van der Waals surface area contributed by atoms with E-state index < -0.39 is 0 Å². The van der Waals surface area contributed by atoms with Crippen LogP contribution in [-0.2, 0) is 7.05 Å². The molecule has 48 valence electrons. The van der Waals surface area contributed by atoms with Gasteiger partial charge in [0.2, 0.25) is 0 Å². The van der Waals surface area contributed by atoms with Crippen LogP contribution in [0.4, 0.5) is 0 Å². The molecule has 0 spiro atoms. The summed E-state index contributed by atoms with van der Waals surface area (Å²) in [5.41, 5.74) is 1.04. The van der Waals surface area contributed by atoms with E-state index in [0.29, 0.717) is 0 Å². The summed E-state index contributed by atoms with van der Waals surface area (Å²) in [5.74, 6) is 0. The average molecular weight is 142 g/mol. The quantitative estimate of drug-likeness (QED) is 0.566. The van der Waals surface area contributed by atoms with Gasteiger partial charge in [0.15, 0.2) is 0 Å². The second kappa shape index (κ2) is 2.28. The van der Waals surface area contributed by atoms with Crippen molar-refractivity contribution >= 4 is 17.7 Å². The second-order valence-corrected chi connectivity index (χ2v) is 2.23. The number of nitrogens with zero attached hydrogens (tertiary/aromatic N) is 1. The zero-order chi connectivity index (χ0) is 6.85. The number of halogens is 1. The fraction of sp³-hybridized carbons (Fsp3) is 0.143. The molecule has 0 fully saturated rings. The highest BCUT2D eigenvalue weighted by molar-refractivity contribution is 6.29. The van der Waals surface area contributed by atoms with Crippen LogP contribution in [0.3, 0.4) is 0 Å². The predicted octanol–water partition coefficient (Wildman–Crippen LogP) is 2.32. The van der Waals surface area contributed by atoms with Crippen LogP contribution in [0.15, 0.2) is 18.7 Å². The highest BCUT2D eigenvalue weighted by atomic mass is 35.5. The van der Waals surface area contributed by atoms with Gasteiger partial charge < -0.3 is 4.57 Å². The van der Waals surface area contributed by atoms with Crippen LogP contribution in [0.2, 0.25) is 5.15 Å². The third kappa shape index (κ3) is 1.01. The van der Waals surface area contributed by atoms with Crippen molar-refractivity contribution in [1.29, 1.82) is 0 Å². The van der Waals surface area contributed by atoms with Crippen molar-refractivity contribution in [2.45, 2.75) is 0 Å². The molecule has 0 aliphatic rings. The molecule has 0 saturated carbocycles. The van der Waals surface area contributed by atoms with Gasteiger partial charge in [0.25, 0.3) is 0 Å². The van der Waals surface area contributed by atoms with Crippen LogP contribution in [0.1, 0.15) is 5.69 Å². The fourth-order valence-electron chi connectivity index (χ4n) is 0.706. The summed E-state index contributed by atoms with van der Waals surface area (Å²) >= 11 is 5.72. The Balaban J connectivity index is 3.18. The van der Waals surface area contributed by atoms with E-state index in [-0.39, 0.29) is 0 Å². The van der Waals surface area contributed by atoms with Crippen LogP contribution in [0.25, 0.3) is 6.08 Å². The lowest BCUT2D eigenvalue weighted by atomic mass is 10.4. The summed E-state index contributed by atoms with van der Waals surface area (Å²) < 4.78 is 1.87. The van der Waals surface area contributed by atoms with Crippen molar-refractivity contribution in [3.63, 3.8) is 0 Å². The highest BCUT2D eigenvalue weighted by Gasteiger charge is 1.95. The molecule has 0 aromatic carbocycles. The first-order chi connectivity index (χ1) is 4.25. The maximum atomic E-state index is 5.72. The molecule has 1 heterocycles. The van der Waals surface area contributed by atoms with Gasteiger partial charge in [-0.15, -0.1) is 0 Å². The number of hydrogen-bond acceptors (Lipinski definition) is 0. The summed E-state index contributed by atoms with van der Waals surface area (Å²) in [6.07, 6.45) is 1.77. The lowest BCUT2D eigenvalue weighted by Gasteiger charge is -1.95.